The number of amides is 1. The molecule has 7 nitrogen and oxygen atoms in total. The van der Waals surface area contributed by atoms with E-state index in [1.165, 1.54) is 7.11 Å². The molecule has 0 bridgehead atoms. The number of nitrogens with one attached hydrogen (secondary N) is 1. The standard InChI is InChI=1S/C20H20ClNO6/c1-13-3-8-16(21)17(9-13)27-12-19(24)28-11-18(23)22-10-14-4-6-15(7-5-14)20(25)26-2/h3-9H,10-12H2,1-2H3,(H,22,23). The van der Waals surface area contributed by atoms with E-state index in [2.05, 4.69) is 10.1 Å². The van der Waals surface area contributed by atoms with E-state index in [9.17, 15) is 14.4 Å². The van der Waals surface area contributed by atoms with Crippen molar-refractivity contribution in [3.05, 3.63) is 64.2 Å². The highest BCUT2D eigenvalue weighted by molar-refractivity contribution is 6.32. The number of carbonyl (C=O) groups excluding carboxylic acids is 3. The van der Waals surface area contributed by atoms with Crippen LogP contribution >= 0.6 is 11.6 Å². The molecule has 0 aliphatic rings. The molecule has 2 aromatic carbocycles. The highest BCUT2D eigenvalue weighted by Gasteiger charge is 2.10. The Labute approximate surface area is 167 Å². The maximum absolute atomic E-state index is 11.8. The van der Waals surface area contributed by atoms with Gasteiger partial charge >= 0.3 is 11.9 Å². The molecule has 28 heavy (non-hydrogen) atoms. The van der Waals surface area contributed by atoms with E-state index in [0.717, 1.165) is 11.1 Å². The van der Waals surface area contributed by atoms with Crippen LogP contribution in [0.5, 0.6) is 5.75 Å². The smallest absolute Gasteiger partial charge is 0.344 e. The van der Waals surface area contributed by atoms with Crippen molar-refractivity contribution in [1.29, 1.82) is 0 Å². The van der Waals surface area contributed by atoms with E-state index in [-0.39, 0.29) is 13.2 Å². The minimum absolute atomic E-state index is 0.229. The molecule has 0 aromatic heterocycles. The molecule has 0 aliphatic heterocycles. The van der Waals surface area contributed by atoms with Gasteiger partial charge in [0.25, 0.3) is 5.91 Å². The molecule has 1 N–H and O–H groups in total. The highest BCUT2D eigenvalue weighted by atomic mass is 35.5. The lowest BCUT2D eigenvalue weighted by molar-refractivity contribution is -0.150. The first-order valence-corrected chi connectivity index (χ1v) is 8.75. The summed E-state index contributed by atoms with van der Waals surface area (Å²) < 4.78 is 14.8. The third kappa shape index (κ3) is 6.59. The molecule has 0 saturated carbocycles. The highest BCUT2D eigenvalue weighted by Crippen LogP contribution is 2.25. The van der Waals surface area contributed by atoms with Crippen LogP contribution in [0.4, 0.5) is 0 Å². The van der Waals surface area contributed by atoms with Gasteiger partial charge in [-0.1, -0.05) is 29.8 Å². The SMILES string of the molecule is COC(=O)c1ccc(CNC(=O)COC(=O)COc2cc(C)ccc2Cl)cc1. The van der Waals surface area contributed by atoms with Gasteiger partial charge in [-0.05, 0) is 42.3 Å². The van der Waals surface area contributed by atoms with E-state index < -0.39 is 24.5 Å². The van der Waals surface area contributed by atoms with Crippen molar-refractivity contribution in [3.63, 3.8) is 0 Å². The molecule has 0 atom stereocenters. The molecule has 0 heterocycles. The van der Waals surface area contributed by atoms with Crippen LogP contribution in [0.2, 0.25) is 5.02 Å². The van der Waals surface area contributed by atoms with Gasteiger partial charge in [0.1, 0.15) is 5.75 Å². The van der Waals surface area contributed by atoms with E-state index in [1.807, 2.05) is 13.0 Å². The van der Waals surface area contributed by atoms with E-state index in [1.54, 1.807) is 36.4 Å². The Balaban J connectivity index is 1.71. The maximum Gasteiger partial charge on any atom is 0.344 e. The summed E-state index contributed by atoms with van der Waals surface area (Å²) in [5, 5.41) is 3.00. The van der Waals surface area contributed by atoms with Gasteiger partial charge in [0, 0.05) is 6.54 Å². The minimum atomic E-state index is -0.685. The summed E-state index contributed by atoms with van der Waals surface area (Å²) >= 11 is 5.98. The summed E-state index contributed by atoms with van der Waals surface area (Å²) in [6.45, 7) is 1.32. The average molecular weight is 406 g/mol. The van der Waals surface area contributed by atoms with E-state index in [4.69, 9.17) is 21.1 Å². The fraction of sp³-hybridized carbons (Fsp3) is 0.250. The number of carbonyl (C=O) groups is 3. The Bertz CT molecular complexity index is 850. The molecule has 0 saturated heterocycles. The molecule has 148 valence electrons. The molecular formula is C20H20ClNO6. The van der Waals surface area contributed by atoms with Gasteiger partial charge in [-0.25, -0.2) is 9.59 Å². The molecule has 0 aliphatic carbocycles. The second-order valence-electron chi connectivity index (χ2n) is 5.85. The fourth-order valence-corrected chi connectivity index (χ4v) is 2.35. The molecule has 0 unspecified atom stereocenters. The van der Waals surface area contributed by atoms with E-state index in [0.29, 0.717) is 16.3 Å². The first-order chi connectivity index (χ1) is 13.4. The lowest BCUT2D eigenvalue weighted by atomic mass is 10.1. The van der Waals surface area contributed by atoms with Gasteiger partial charge in [-0.2, -0.15) is 0 Å². The van der Waals surface area contributed by atoms with Gasteiger partial charge in [-0.15, -0.1) is 0 Å². The number of rotatable bonds is 8. The summed E-state index contributed by atoms with van der Waals surface area (Å²) in [5.74, 6) is -1.20. The number of ether oxygens (including phenoxy) is 3. The molecular weight excluding hydrogens is 386 g/mol. The number of hydrogen-bond acceptors (Lipinski definition) is 6. The van der Waals surface area contributed by atoms with Crippen LogP contribution in [-0.2, 0) is 25.6 Å². The predicted octanol–water partition coefficient (Wildman–Crippen LogP) is 2.67. The maximum atomic E-state index is 11.8. The summed E-state index contributed by atoms with van der Waals surface area (Å²) in [5.41, 5.74) is 2.14. The van der Waals surface area contributed by atoms with Crippen molar-refractivity contribution >= 4 is 29.4 Å². The van der Waals surface area contributed by atoms with Crippen molar-refractivity contribution in [2.45, 2.75) is 13.5 Å². The second-order valence-corrected chi connectivity index (χ2v) is 6.26. The summed E-state index contributed by atoms with van der Waals surface area (Å²) in [4.78, 5) is 34.9. The lowest BCUT2D eigenvalue weighted by Crippen LogP contribution is -2.29. The van der Waals surface area contributed by atoms with Crippen molar-refractivity contribution in [3.8, 4) is 5.75 Å². The number of benzene rings is 2. The Hall–Kier alpha value is -3.06. The summed E-state index contributed by atoms with van der Waals surface area (Å²) in [6, 6.07) is 11.8. The van der Waals surface area contributed by atoms with Crippen molar-refractivity contribution < 1.29 is 28.6 Å². The first-order valence-electron chi connectivity index (χ1n) is 8.37. The van der Waals surface area contributed by atoms with Crippen LogP contribution < -0.4 is 10.1 Å². The van der Waals surface area contributed by atoms with Crippen LogP contribution in [-0.4, -0.2) is 38.2 Å². The molecule has 2 rings (SSSR count). The zero-order chi connectivity index (χ0) is 20.5. The third-order valence-electron chi connectivity index (χ3n) is 3.66. The number of halogens is 1. The van der Waals surface area contributed by atoms with Crippen molar-refractivity contribution in [1.82, 2.24) is 5.32 Å². The van der Waals surface area contributed by atoms with Gasteiger partial charge in [0.2, 0.25) is 0 Å². The number of methoxy groups -OCH3 is 1. The molecule has 0 fully saturated rings. The monoisotopic (exact) mass is 405 g/mol. The topological polar surface area (TPSA) is 90.9 Å². The largest absolute Gasteiger partial charge is 0.480 e. The third-order valence-corrected chi connectivity index (χ3v) is 3.97. The van der Waals surface area contributed by atoms with Crippen molar-refractivity contribution in [2.24, 2.45) is 0 Å². The van der Waals surface area contributed by atoms with Gasteiger partial charge in [0.05, 0.1) is 17.7 Å². The number of esters is 2. The van der Waals surface area contributed by atoms with Crippen LogP contribution in [0.15, 0.2) is 42.5 Å². The second kappa shape index (κ2) is 10.3. The first kappa shape index (κ1) is 21.2. The Morgan fingerprint density at radius 3 is 2.43 bits per heavy atom. The average Bonchev–Trinajstić information content (AvgIpc) is 2.71. The van der Waals surface area contributed by atoms with Gasteiger partial charge in [-0.3, -0.25) is 4.79 Å². The molecule has 1 amide bonds. The van der Waals surface area contributed by atoms with Crippen molar-refractivity contribution in [2.75, 3.05) is 20.3 Å². The summed E-state index contributed by atoms with van der Waals surface area (Å²) in [6.07, 6.45) is 0. The van der Waals surface area contributed by atoms with Crippen LogP contribution in [0.25, 0.3) is 0 Å². The Morgan fingerprint density at radius 1 is 1.04 bits per heavy atom. The number of aryl methyl sites for hydroxylation is 1. The zero-order valence-corrected chi connectivity index (χ0v) is 16.2. The quantitative estimate of drug-likeness (QED) is 0.679. The fourth-order valence-electron chi connectivity index (χ4n) is 2.17. The van der Waals surface area contributed by atoms with Gasteiger partial charge < -0.3 is 19.5 Å². The summed E-state index contributed by atoms with van der Waals surface area (Å²) in [7, 11) is 1.30. The molecule has 8 heteroatoms. The van der Waals surface area contributed by atoms with Crippen LogP contribution in [0, 0.1) is 6.92 Å². The lowest BCUT2D eigenvalue weighted by Gasteiger charge is -2.09. The molecule has 0 spiro atoms. The van der Waals surface area contributed by atoms with E-state index >= 15 is 0 Å². The molecule has 0 radical (unpaired) electrons. The predicted molar refractivity (Wildman–Crippen MR) is 102 cm³/mol. The Morgan fingerprint density at radius 2 is 1.75 bits per heavy atom. The number of hydrogen-bond donors (Lipinski definition) is 1. The minimum Gasteiger partial charge on any atom is -0.480 e. The zero-order valence-electron chi connectivity index (χ0n) is 15.5. The molecule has 2 aromatic rings. The van der Waals surface area contributed by atoms with Crippen LogP contribution in [0.1, 0.15) is 21.5 Å². The normalized spacial score (nSPS) is 10.1. The Kier molecular flexibility index (Phi) is 7.83. The van der Waals surface area contributed by atoms with Gasteiger partial charge in [0.15, 0.2) is 13.2 Å². The van der Waals surface area contributed by atoms with Crippen LogP contribution in [0.3, 0.4) is 0 Å².